The SMILES string of the molecule is CCC(F)c1cc(N2CCN(CCCc3ccncc3)CC2)cc(-c2ccccc2C)c1Cl. The molecule has 1 fully saturated rings. The number of aryl methyl sites for hydroxylation is 2. The second kappa shape index (κ2) is 11.1. The molecule has 1 aliphatic rings. The molecule has 0 aliphatic carbocycles. The van der Waals surface area contributed by atoms with Gasteiger partial charge in [0.1, 0.15) is 6.17 Å². The highest BCUT2D eigenvalue weighted by atomic mass is 35.5. The van der Waals surface area contributed by atoms with Gasteiger partial charge >= 0.3 is 0 Å². The van der Waals surface area contributed by atoms with Crippen LogP contribution in [-0.2, 0) is 6.42 Å². The molecule has 1 atom stereocenters. The summed E-state index contributed by atoms with van der Waals surface area (Å²) in [6.07, 6.45) is 5.31. The van der Waals surface area contributed by atoms with E-state index < -0.39 is 6.17 Å². The zero-order valence-corrected chi connectivity index (χ0v) is 20.4. The van der Waals surface area contributed by atoms with Crippen LogP contribution in [0.25, 0.3) is 11.1 Å². The molecular formula is C28H33ClFN3. The molecule has 2 heterocycles. The average molecular weight is 466 g/mol. The lowest BCUT2D eigenvalue weighted by atomic mass is 9.95. The molecule has 33 heavy (non-hydrogen) atoms. The topological polar surface area (TPSA) is 19.4 Å². The largest absolute Gasteiger partial charge is 0.369 e. The van der Waals surface area contributed by atoms with Crippen molar-refractivity contribution in [3.63, 3.8) is 0 Å². The minimum Gasteiger partial charge on any atom is -0.369 e. The van der Waals surface area contributed by atoms with Crippen molar-refractivity contribution in [2.45, 2.75) is 39.3 Å². The van der Waals surface area contributed by atoms with E-state index >= 15 is 0 Å². The van der Waals surface area contributed by atoms with E-state index in [9.17, 15) is 4.39 Å². The van der Waals surface area contributed by atoms with Gasteiger partial charge in [0.05, 0.1) is 5.02 Å². The van der Waals surface area contributed by atoms with Crippen molar-refractivity contribution in [1.82, 2.24) is 9.88 Å². The molecule has 5 heteroatoms. The monoisotopic (exact) mass is 465 g/mol. The number of nitrogens with zero attached hydrogens (tertiary/aromatic N) is 3. The van der Waals surface area contributed by atoms with E-state index in [2.05, 4.69) is 52.0 Å². The summed E-state index contributed by atoms with van der Waals surface area (Å²) in [7, 11) is 0. The predicted octanol–water partition coefficient (Wildman–Crippen LogP) is 6.89. The molecule has 3 aromatic rings. The van der Waals surface area contributed by atoms with E-state index in [0.29, 0.717) is 17.0 Å². The van der Waals surface area contributed by atoms with Crippen LogP contribution in [0, 0.1) is 6.92 Å². The Labute approximate surface area is 202 Å². The molecule has 174 valence electrons. The highest BCUT2D eigenvalue weighted by Crippen LogP contribution is 2.40. The first-order valence-corrected chi connectivity index (χ1v) is 12.3. The average Bonchev–Trinajstić information content (AvgIpc) is 2.85. The van der Waals surface area contributed by atoms with E-state index in [-0.39, 0.29) is 0 Å². The molecule has 1 aromatic heterocycles. The summed E-state index contributed by atoms with van der Waals surface area (Å²) in [5.74, 6) is 0. The molecule has 1 saturated heterocycles. The summed E-state index contributed by atoms with van der Waals surface area (Å²) in [5, 5.41) is 0.539. The van der Waals surface area contributed by atoms with Crippen LogP contribution in [0.2, 0.25) is 5.02 Å². The van der Waals surface area contributed by atoms with Gasteiger partial charge in [-0.15, -0.1) is 0 Å². The molecule has 0 spiro atoms. The fourth-order valence-corrected chi connectivity index (χ4v) is 4.95. The zero-order chi connectivity index (χ0) is 23.2. The Hall–Kier alpha value is -2.43. The molecule has 1 aliphatic heterocycles. The van der Waals surface area contributed by atoms with Gasteiger partial charge in [-0.1, -0.05) is 42.8 Å². The van der Waals surface area contributed by atoms with Gasteiger partial charge in [-0.3, -0.25) is 9.88 Å². The van der Waals surface area contributed by atoms with Crippen molar-refractivity contribution < 1.29 is 4.39 Å². The fraction of sp³-hybridized carbons (Fsp3) is 0.393. The van der Waals surface area contributed by atoms with Crippen molar-refractivity contribution in [1.29, 1.82) is 0 Å². The number of benzene rings is 2. The van der Waals surface area contributed by atoms with Gasteiger partial charge in [0.2, 0.25) is 0 Å². The normalized spacial score (nSPS) is 15.6. The summed E-state index contributed by atoms with van der Waals surface area (Å²) in [5.41, 5.74) is 6.17. The number of hydrogen-bond donors (Lipinski definition) is 0. The number of halogens is 2. The van der Waals surface area contributed by atoms with Gasteiger partial charge in [-0.25, -0.2) is 4.39 Å². The van der Waals surface area contributed by atoms with Gasteiger partial charge in [-0.2, -0.15) is 0 Å². The summed E-state index contributed by atoms with van der Waals surface area (Å²) in [4.78, 5) is 9.00. The van der Waals surface area contributed by atoms with E-state index in [1.807, 2.05) is 37.5 Å². The Morgan fingerprint density at radius 1 is 1.00 bits per heavy atom. The number of hydrogen-bond acceptors (Lipinski definition) is 3. The lowest BCUT2D eigenvalue weighted by molar-refractivity contribution is 0.255. The number of aromatic nitrogens is 1. The third-order valence-electron chi connectivity index (χ3n) is 6.64. The van der Waals surface area contributed by atoms with Crippen LogP contribution in [0.4, 0.5) is 10.1 Å². The van der Waals surface area contributed by atoms with Crippen LogP contribution >= 0.6 is 11.6 Å². The van der Waals surface area contributed by atoms with Gasteiger partial charge in [0.15, 0.2) is 0 Å². The van der Waals surface area contributed by atoms with Gasteiger partial charge < -0.3 is 4.90 Å². The lowest BCUT2D eigenvalue weighted by Gasteiger charge is -2.36. The number of pyridine rings is 1. The van der Waals surface area contributed by atoms with Crippen LogP contribution in [0.15, 0.2) is 60.9 Å². The van der Waals surface area contributed by atoms with Crippen molar-refractivity contribution in [3.8, 4) is 11.1 Å². The van der Waals surface area contributed by atoms with Crippen LogP contribution in [0.1, 0.15) is 42.6 Å². The third kappa shape index (κ3) is 5.74. The maximum absolute atomic E-state index is 14.9. The van der Waals surface area contributed by atoms with E-state index in [1.165, 1.54) is 5.56 Å². The third-order valence-corrected chi connectivity index (χ3v) is 7.07. The predicted molar refractivity (Wildman–Crippen MR) is 137 cm³/mol. The second-order valence-corrected chi connectivity index (χ2v) is 9.25. The quantitative estimate of drug-likeness (QED) is 0.361. The second-order valence-electron chi connectivity index (χ2n) is 8.87. The Morgan fingerprint density at radius 3 is 2.42 bits per heavy atom. The molecule has 0 radical (unpaired) electrons. The first-order valence-electron chi connectivity index (χ1n) is 12.0. The Kier molecular flexibility index (Phi) is 8.00. The van der Waals surface area contributed by atoms with E-state index in [0.717, 1.165) is 67.9 Å². The number of alkyl halides is 1. The molecule has 4 rings (SSSR count). The Morgan fingerprint density at radius 2 is 1.73 bits per heavy atom. The minimum atomic E-state index is -1.06. The zero-order valence-electron chi connectivity index (χ0n) is 19.6. The Balaban J connectivity index is 1.47. The van der Waals surface area contributed by atoms with Gasteiger partial charge in [0.25, 0.3) is 0 Å². The summed E-state index contributed by atoms with van der Waals surface area (Å²) < 4.78 is 14.9. The van der Waals surface area contributed by atoms with Crippen molar-refractivity contribution in [2.24, 2.45) is 0 Å². The first-order chi connectivity index (χ1) is 16.1. The summed E-state index contributed by atoms with van der Waals surface area (Å²) in [6, 6.07) is 16.5. The molecule has 2 aromatic carbocycles. The highest BCUT2D eigenvalue weighted by Gasteiger charge is 2.22. The number of anilines is 1. The number of rotatable bonds is 8. The summed E-state index contributed by atoms with van der Waals surface area (Å²) in [6.45, 7) is 8.95. The number of piperazine rings is 1. The standard InChI is InChI=1S/C28H33ClFN3/c1-3-27(30)26-20-23(19-25(28(26)29)24-9-5-4-7-21(24)2)33-17-15-32(16-18-33)14-6-8-22-10-12-31-13-11-22/h4-5,7,9-13,19-20,27H,3,6,8,14-18H2,1-2H3. The maximum atomic E-state index is 14.9. The van der Waals surface area contributed by atoms with Crippen molar-refractivity contribution >= 4 is 17.3 Å². The molecular weight excluding hydrogens is 433 g/mol. The fourth-order valence-electron chi connectivity index (χ4n) is 4.62. The van der Waals surface area contributed by atoms with Crippen molar-refractivity contribution in [3.05, 3.63) is 82.6 Å². The lowest BCUT2D eigenvalue weighted by Crippen LogP contribution is -2.46. The van der Waals surface area contributed by atoms with Crippen LogP contribution in [-0.4, -0.2) is 42.6 Å². The first kappa shape index (κ1) is 23.7. The molecule has 0 bridgehead atoms. The minimum absolute atomic E-state index is 0.418. The van der Waals surface area contributed by atoms with Crippen LogP contribution in [0.5, 0.6) is 0 Å². The van der Waals surface area contributed by atoms with Gasteiger partial charge in [0, 0.05) is 55.4 Å². The maximum Gasteiger partial charge on any atom is 0.126 e. The van der Waals surface area contributed by atoms with Crippen LogP contribution in [0.3, 0.4) is 0 Å². The molecule has 0 N–H and O–H groups in total. The van der Waals surface area contributed by atoms with Crippen LogP contribution < -0.4 is 4.90 Å². The van der Waals surface area contributed by atoms with E-state index in [1.54, 1.807) is 0 Å². The van der Waals surface area contributed by atoms with Crippen molar-refractivity contribution in [2.75, 3.05) is 37.6 Å². The molecule has 3 nitrogen and oxygen atoms in total. The highest BCUT2D eigenvalue weighted by molar-refractivity contribution is 6.34. The van der Waals surface area contributed by atoms with Gasteiger partial charge in [-0.05, 0) is 73.7 Å². The Bertz CT molecular complexity index is 1050. The smallest absolute Gasteiger partial charge is 0.126 e. The molecule has 1 unspecified atom stereocenters. The summed E-state index contributed by atoms with van der Waals surface area (Å²) >= 11 is 6.76. The molecule has 0 amide bonds. The van der Waals surface area contributed by atoms with E-state index in [4.69, 9.17) is 11.6 Å². The molecule has 0 saturated carbocycles.